The first-order valence-corrected chi connectivity index (χ1v) is 12.9. The van der Waals surface area contributed by atoms with E-state index in [0.29, 0.717) is 29.7 Å². The molecule has 2 fully saturated rings. The van der Waals surface area contributed by atoms with Crippen molar-refractivity contribution in [1.29, 1.82) is 0 Å². The number of carbonyl (C=O) groups excluding carboxylic acids is 1. The third-order valence-electron chi connectivity index (χ3n) is 7.23. The highest BCUT2D eigenvalue weighted by atomic mass is 35.5. The Morgan fingerprint density at radius 3 is 2.49 bits per heavy atom. The third-order valence-corrected chi connectivity index (χ3v) is 8.09. The van der Waals surface area contributed by atoms with Gasteiger partial charge in [-0.15, -0.1) is 0 Å². The van der Waals surface area contributed by atoms with Crippen LogP contribution in [0.5, 0.6) is 0 Å². The Kier molecular flexibility index (Phi) is 6.91. The summed E-state index contributed by atoms with van der Waals surface area (Å²) >= 11 is 12.7. The van der Waals surface area contributed by atoms with Crippen molar-refractivity contribution in [3.05, 3.63) is 94.0 Å². The Hall–Kier alpha value is -2.37. The average Bonchev–Trinajstić information content (AvgIpc) is 3.70. The highest BCUT2D eigenvalue weighted by Crippen LogP contribution is 2.42. The number of piperidine rings is 1. The van der Waals surface area contributed by atoms with Crippen molar-refractivity contribution < 1.29 is 9.90 Å². The fourth-order valence-corrected chi connectivity index (χ4v) is 5.73. The van der Waals surface area contributed by atoms with Crippen molar-refractivity contribution in [2.24, 2.45) is 5.92 Å². The monoisotopic (exact) mass is 508 g/mol. The number of nitrogens with one attached hydrogen (secondary N) is 1. The molecule has 0 aromatic heterocycles. The number of nitrogens with zero attached hydrogens (tertiary/aromatic N) is 1. The maximum absolute atomic E-state index is 14.1. The molecule has 1 saturated heterocycles. The minimum Gasteiger partial charge on any atom is -0.388 e. The lowest BCUT2D eigenvalue weighted by atomic mass is 9.71. The number of hydrogen-bond donors (Lipinski definition) is 2. The molecule has 1 saturated carbocycles. The molecule has 35 heavy (non-hydrogen) atoms. The van der Waals surface area contributed by atoms with Gasteiger partial charge in [-0.1, -0.05) is 89.9 Å². The Labute approximate surface area is 216 Å². The molecule has 3 aromatic carbocycles. The number of aliphatic hydroxyl groups is 1. The zero-order valence-electron chi connectivity index (χ0n) is 19.8. The van der Waals surface area contributed by atoms with Gasteiger partial charge in [-0.05, 0) is 48.1 Å². The van der Waals surface area contributed by atoms with Gasteiger partial charge in [-0.25, -0.2) is 0 Å². The Balaban J connectivity index is 1.49. The van der Waals surface area contributed by atoms with Crippen LogP contribution in [0, 0.1) is 5.92 Å². The van der Waals surface area contributed by atoms with Gasteiger partial charge in [0.1, 0.15) is 0 Å². The quantitative estimate of drug-likeness (QED) is 0.435. The standard InChI is InChI=1S/C29H30Cl2N2O2/c1-29(35)18-32-16-24(26(29)21-10-5-9-20(15-21)19-7-3-2-4-8-19)28(34)33(23-13-14-23)17-22-11-6-12-25(30)27(22)31/h2-12,15,23-24,26,32,35H,13-14,16-18H2,1H3/t24-,26+,29-/m0/s1. The largest absolute Gasteiger partial charge is 0.388 e. The molecule has 1 aliphatic heterocycles. The molecule has 4 nitrogen and oxygen atoms in total. The molecule has 1 amide bonds. The topological polar surface area (TPSA) is 52.6 Å². The number of amides is 1. The van der Waals surface area contributed by atoms with Crippen molar-refractivity contribution in [3.63, 3.8) is 0 Å². The molecule has 2 aliphatic rings. The predicted molar refractivity (Wildman–Crippen MR) is 142 cm³/mol. The molecule has 0 spiro atoms. The third kappa shape index (κ3) is 5.12. The van der Waals surface area contributed by atoms with Crippen molar-refractivity contribution in [3.8, 4) is 11.1 Å². The van der Waals surface area contributed by atoms with Crippen LogP contribution in [0.25, 0.3) is 11.1 Å². The molecule has 182 valence electrons. The van der Waals surface area contributed by atoms with Gasteiger partial charge in [-0.2, -0.15) is 0 Å². The molecule has 3 atom stereocenters. The van der Waals surface area contributed by atoms with E-state index in [2.05, 4.69) is 29.6 Å². The zero-order valence-corrected chi connectivity index (χ0v) is 21.3. The summed E-state index contributed by atoms with van der Waals surface area (Å²) in [5.74, 6) is -0.689. The molecule has 0 radical (unpaired) electrons. The highest BCUT2D eigenvalue weighted by molar-refractivity contribution is 6.42. The first-order chi connectivity index (χ1) is 16.8. The summed E-state index contributed by atoms with van der Waals surface area (Å²) in [4.78, 5) is 16.0. The second kappa shape index (κ2) is 9.94. The number of hydrogen-bond acceptors (Lipinski definition) is 3. The van der Waals surface area contributed by atoms with Crippen LogP contribution in [-0.2, 0) is 11.3 Å². The second-order valence-corrected chi connectivity index (χ2v) is 10.8. The van der Waals surface area contributed by atoms with Crippen LogP contribution in [0.4, 0.5) is 0 Å². The van der Waals surface area contributed by atoms with Gasteiger partial charge in [0.25, 0.3) is 0 Å². The maximum Gasteiger partial charge on any atom is 0.228 e. The van der Waals surface area contributed by atoms with E-state index in [4.69, 9.17) is 23.2 Å². The van der Waals surface area contributed by atoms with Crippen LogP contribution in [0.3, 0.4) is 0 Å². The van der Waals surface area contributed by atoms with E-state index in [-0.39, 0.29) is 17.9 Å². The smallest absolute Gasteiger partial charge is 0.228 e. The van der Waals surface area contributed by atoms with Gasteiger partial charge in [0.05, 0.1) is 21.6 Å². The molecule has 0 bridgehead atoms. The Morgan fingerprint density at radius 2 is 1.74 bits per heavy atom. The number of carbonyl (C=O) groups is 1. The fourth-order valence-electron chi connectivity index (χ4n) is 5.35. The van der Waals surface area contributed by atoms with Gasteiger partial charge < -0.3 is 15.3 Å². The minimum absolute atomic E-state index is 0.0473. The van der Waals surface area contributed by atoms with E-state index in [1.807, 2.05) is 54.3 Å². The number of benzene rings is 3. The van der Waals surface area contributed by atoms with Crippen molar-refractivity contribution in [1.82, 2.24) is 10.2 Å². The lowest BCUT2D eigenvalue weighted by molar-refractivity contribution is -0.142. The number of rotatable bonds is 6. The van der Waals surface area contributed by atoms with Gasteiger partial charge in [0.2, 0.25) is 5.91 Å². The maximum atomic E-state index is 14.1. The molecule has 3 aromatic rings. The Bertz CT molecular complexity index is 1210. The molecular weight excluding hydrogens is 479 g/mol. The molecule has 0 unspecified atom stereocenters. The van der Waals surface area contributed by atoms with Gasteiger partial charge >= 0.3 is 0 Å². The molecule has 6 heteroatoms. The van der Waals surface area contributed by atoms with Gasteiger partial charge in [0.15, 0.2) is 0 Å². The molecule has 1 aliphatic carbocycles. The van der Waals surface area contributed by atoms with Gasteiger partial charge in [0, 0.05) is 31.6 Å². The van der Waals surface area contributed by atoms with Crippen LogP contribution in [0.15, 0.2) is 72.8 Å². The molecule has 2 N–H and O–H groups in total. The van der Waals surface area contributed by atoms with E-state index in [1.165, 1.54) is 0 Å². The lowest BCUT2D eigenvalue weighted by Crippen LogP contribution is -2.57. The molecule has 1 heterocycles. The normalized spacial score (nSPS) is 24.2. The summed E-state index contributed by atoms with van der Waals surface area (Å²) in [6.45, 7) is 3.19. The van der Waals surface area contributed by atoms with Crippen molar-refractivity contribution in [2.75, 3.05) is 13.1 Å². The summed E-state index contributed by atoms with van der Waals surface area (Å²) in [7, 11) is 0. The Morgan fingerprint density at radius 1 is 1.03 bits per heavy atom. The van der Waals surface area contributed by atoms with Crippen LogP contribution < -0.4 is 5.32 Å². The lowest BCUT2D eigenvalue weighted by Gasteiger charge is -2.44. The van der Waals surface area contributed by atoms with Crippen LogP contribution in [-0.4, -0.2) is 40.6 Å². The number of halogens is 2. The number of β-amino-alcohol motifs (C(OH)–C–C–N with tert-alkyl or cyclic N) is 1. The van der Waals surface area contributed by atoms with Crippen LogP contribution in [0.1, 0.15) is 36.8 Å². The summed E-state index contributed by atoms with van der Waals surface area (Å²) in [5, 5.41) is 15.8. The van der Waals surface area contributed by atoms with Crippen molar-refractivity contribution >= 4 is 29.1 Å². The van der Waals surface area contributed by atoms with Crippen LogP contribution >= 0.6 is 23.2 Å². The minimum atomic E-state index is -1.07. The van der Waals surface area contributed by atoms with E-state index >= 15 is 0 Å². The van der Waals surface area contributed by atoms with Crippen molar-refractivity contribution in [2.45, 2.75) is 43.9 Å². The van der Waals surface area contributed by atoms with Crippen LogP contribution in [0.2, 0.25) is 10.0 Å². The van der Waals surface area contributed by atoms with E-state index in [1.54, 1.807) is 6.07 Å². The van der Waals surface area contributed by atoms with E-state index in [0.717, 1.165) is 35.1 Å². The SMILES string of the molecule is C[C@]1(O)CNC[C@H](C(=O)N(Cc2cccc(Cl)c2Cl)C2CC2)[C@H]1c1cccc(-c2ccccc2)c1. The van der Waals surface area contributed by atoms with E-state index in [9.17, 15) is 9.90 Å². The first kappa shape index (κ1) is 24.3. The van der Waals surface area contributed by atoms with Gasteiger partial charge in [-0.3, -0.25) is 4.79 Å². The zero-order chi connectivity index (χ0) is 24.6. The summed E-state index contributed by atoms with van der Waals surface area (Å²) < 4.78 is 0. The van der Waals surface area contributed by atoms with E-state index < -0.39 is 11.5 Å². The predicted octanol–water partition coefficient (Wildman–Crippen LogP) is 5.91. The average molecular weight is 509 g/mol. The molecular formula is C29H30Cl2N2O2. The summed E-state index contributed by atoms with van der Waals surface area (Å²) in [6, 6.07) is 24.2. The fraction of sp³-hybridized carbons (Fsp3) is 0.345. The highest BCUT2D eigenvalue weighted by Gasteiger charge is 2.48. The summed E-state index contributed by atoms with van der Waals surface area (Å²) in [5.41, 5.74) is 2.94. The summed E-state index contributed by atoms with van der Waals surface area (Å²) in [6.07, 6.45) is 1.96. The second-order valence-electron chi connectivity index (χ2n) is 9.97. The first-order valence-electron chi connectivity index (χ1n) is 12.2. The molecule has 5 rings (SSSR count).